The molecule has 0 aromatic heterocycles. The number of benzene rings is 1. The molecule has 2 amide bonds. The third kappa shape index (κ3) is 4.61. The number of aromatic hydroxyl groups is 2. The topological polar surface area (TPSA) is 130 Å². The minimum absolute atomic E-state index is 0. The Bertz CT molecular complexity index is 675. The van der Waals surface area contributed by atoms with E-state index in [0.717, 1.165) is 4.90 Å². The van der Waals surface area contributed by atoms with E-state index in [9.17, 15) is 24.6 Å². The molecule has 1 aromatic carbocycles. The van der Waals surface area contributed by atoms with E-state index < -0.39 is 17.7 Å². The number of amides is 2. The van der Waals surface area contributed by atoms with Crippen LogP contribution in [0.15, 0.2) is 18.2 Å². The van der Waals surface area contributed by atoms with Gasteiger partial charge in [0.15, 0.2) is 17.7 Å². The highest BCUT2D eigenvalue weighted by Crippen LogP contribution is 2.27. The number of ether oxygens (including phenoxy) is 1. The van der Waals surface area contributed by atoms with Crippen LogP contribution in [0.5, 0.6) is 11.5 Å². The van der Waals surface area contributed by atoms with Crippen molar-refractivity contribution >= 4 is 30.2 Å². The molecule has 2 atom stereocenters. The fourth-order valence-electron chi connectivity index (χ4n) is 2.52. The van der Waals surface area contributed by atoms with Crippen molar-refractivity contribution in [3.05, 3.63) is 23.8 Å². The Morgan fingerprint density at radius 3 is 2.36 bits per heavy atom. The van der Waals surface area contributed by atoms with Gasteiger partial charge in [-0.2, -0.15) is 0 Å². The lowest BCUT2D eigenvalue weighted by Gasteiger charge is -2.28. The van der Waals surface area contributed by atoms with E-state index in [1.54, 1.807) is 0 Å². The first kappa shape index (κ1) is 20.7. The maximum Gasteiger partial charge on any atom is 0.328 e. The summed E-state index contributed by atoms with van der Waals surface area (Å²) in [5.41, 5.74) is 5.07. The number of hydrogen-bond donors (Lipinski definition) is 3. The highest BCUT2D eigenvalue weighted by atomic mass is 35.5. The Kier molecular flexibility index (Phi) is 6.39. The molecule has 1 saturated heterocycles. The van der Waals surface area contributed by atoms with Crippen LogP contribution in [0.1, 0.15) is 32.3 Å². The van der Waals surface area contributed by atoms with Crippen LogP contribution in [0.3, 0.4) is 0 Å². The summed E-state index contributed by atoms with van der Waals surface area (Å²) >= 11 is 0. The molecule has 1 aliphatic rings. The lowest BCUT2D eigenvalue weighted by Crippen LogP contribution is -2.51. The molecule has 138 valence electrons. The van der Waals surface area contributed by atoms with Crippen LogP contribution in [0.4, 0.5) is 0 Å². The normalized spacial score (nSPS) is 17.6. The first-order valence-electron chi connectivity index (χ1n) is 7.47. The number of nitrogens with two attached hydrogens (primary N) is 1. The van der Waals surface area contributed by atoms with Crippen LogP contribution in [-0.2, 0) is 25.5 Å². The van der Waals surface area contributed by atoms with E-state index in [2.05, 4.69) is 0 Å². The molecule has 0 saturated carbocycles. The molecule has 4 N–H and O–H groups in total. The SMILES string of the molecule is CC(OC(=O)[C@@](C)(N)Cc1ccc(O)c(O)c1)N1C(=O)CCC1=O.Cl. The molecule has 2 rings (SSSR count). The largest absolute Gasteiger partial charge is 0.504 e. The number of carbonyl (C=O) groups excluding carboxylic acids is 3. The second-order valence-electron chi connectivity index (χ2n) is 6.08. The monoisotopic (exact) mass is 372 g/mol. The summed E-state index contributed by atoms with van der Waals surface area (Å²) in [6, 6.07) is 4.10. The lowest BCUT2D eigenvalue weighted by atomic mass is 9.94. The van der Waals surface area contributed by atoms with E-state index in [4.69, 9.17) is 10.5 Å². The highest BCUT2D eigenvalue weighted by molar-refractivity contribution is 6.02. The number of imide groups is 1. The number of esters is 1. The predicted molar refractivity (Wildman–Crippen MR) is 90.0 cm³/mol. The van der Waals surface area contributed by atoms with Gasteiger partial charge >= 0.3 is 5.97 Å². The van der Waals surface area contributed by atoms with Crippen molar-refractivity contribution in [1.29, 1.82) is 0 Å². The van der Waals surface area contributed by atoms with Crippen LogP contribution in [-0.4, -0.2) is 44.7 Å². The minimum atomic E-state index is -1.44. The zero-order valence-electron chi connectivity index (χ0n) is 13.9. The van der Waals surface area contributed by atoms with Crippen LogP contribution in [0, 0.1) is 0 Å². The summed E-state index contributed by atoms with van der Waals surface area (Å²) in [6.07, 6.45) is -0.786. The molecule has 8 nitrogen and oxygen atoms in total. The Labute approximate surface area is 151 Å². The van der Waals surface area contributed by atoms with E-state index in [1.807, 2.05) is 0 Å². The van der Waals surface area contributed by atoms with Crippen LogP contribution in [0.25, 0.3) is 0 Å². The molecule has 0 radical (unpaired) electrons. The number of phenolic OH excluding ortho intramolecular Hbond substituents is 2. The fraction of sp³-hybridized carbons (Fsp3) is 0.438. The molecule has 1 heterocycles. The molecule has 0 bridgehead atoms. The van der Waals surface area contributed by atoms with Gasteiger partial charge in [-0.1, -0.05) is 6.07 Å². The number of rotatable bonds is 5. The van der Waals surface area contributed by atoms with Crippen molar-refractivity contribution in [3.63, 3.8) is 0 Å². The maximum absolute atomic E-state index is 12.3. The number of nitrogens with zero attached hydrogens (tertiary/aromatic N) is 1. The van der Waals surface area contributed by atoms with E-state index in [-0.39, 0.29) is 55.0 Å². The van der Waals surface area contributed by atoms with Crippen molar-refractivity contribution in [2.75, 3.05) is 0 Å². The third-order valence-electron chi connectivity index (χ3n) is 3.81. The van der Waals surface area contributed by atoms with Crippen molar-refractivity contribution < 1.29 is 29.3 Å². The molecular formula is C16H21ClN2O6. The first-order valence-corrected chi connectivity index (χ1v) is 7.47. The summed E-state index contributed by atoms with van der Waals surface area (Å²) in [6.45, 7) is 2.88. The van der Waals surface area contributed by atoms with E-state index in [1.165, 1.54) is 32.0 Å². The molecule has 9 heteroatoms. The van der Waals surface area contributed by atoms with Gasteiger partial charge in [0.25, 0.3) is 0 Å². The number of phenols is 2. The maximum atomic E-state index is 12.3. The number of halogens is 1. The highest BCUT2D eigenvalue weighted by Gasteiger charge is 2.38. The standard InChI is InChI=1S/C16H20N2O6.ClH/c1-9(18-13(21)5-6-14(18)22)24-15(23)16(2,17)8-10-3-4-11(19)12(20)7-10;/h3-4,7,9,19-20H,5-6,8,17H2,1-2H3;1H/t9?,16-;/m0./s1. The molecule has 1 unspecified atom stereocenters. The quantitative estimate of drug-likeness (QED) is 0.396. The smallest absolute Gasteiger partial charge is 0.328 e. The molecule has 1 aliphatic heterocycles. The van der Waals surface area contributed by atoms with Crippen molar-refractivity contribution in [2.45, 2.75) is 44.9 Å². The average molecular weight is 373 g/mol. The van der Waals surface area contributed by atoms with E-state index in [0.29, 0.717) is 5.56 Å². The van der Waals surface area contributed by atoms with Crippen molar-refractivity contribution in [1.82, 2.24) is 4.90 Å². The van der Waals surface area contributed by atoms with Crippen LogP contribution >= 0.6 is 12.4 Å². The molecular weight excluding hydrogens is 352 g/mol. The number of hydrogen-bond acceptors (Lipinski definition) is 7. The predicted octanol–water partition coefficient (Wildman–Crippen LogP) is 0.818. The Hall–Kier alpha value is -2.32. The fourth-order valence-corrected chi connectivity index (χ4v) is 2.52. The zero-order chi connectivity index (χ0) is 18.1. The second-order valence-corrected chi connectivity index (χ2v) is 6.08. The van der Waals surface area contributed by atoms with Gasteiger partial charge in [-0.05, 0) is 31.5 Å². The summed E-state index contributed by atoms with van der Waals surface area (Å²) in [4.78, 5) is 36.5. The first-order chi connectivity index (χ1) is 11.1. The van der Waals surface area contributed by atoms with Crippen LogP contribution < -0.4 is 5.73 Å². The van der Waals surface area contributed by atoms with Gasteiger partial charge in [0, 0.05) is 19.3 Å². The third-order valence-corrected chi connectivity index (χ3v) is 3.81. The summed E-state index contributed by atoms with van der Waals surface area (Å²) < 4.78 is 5.17. The Balaban J connectivity index is 0.00000312. The van der Waals surface area contributed by atoms with Gasteiger partial charge in [0.05, 0.1) is 0 Å². The summed E-state index contributed by atoms with van der Waals surface area (Å²) in [5.74, 6) is -2.15. The Morgan fingerprint density at radius 1 is 1.28 bits per heavy atom. The molecule has 0 spiro atoms. The van der Waals surface area contributed by atoms with Gasteiger partial charge in [-0.15, -0.1) is 12.4 Å². The molecule has 1 aromatic rings. The lowest BCUT2D eigenvalue weighted by molar-refractivity contribution is -0.169. The summed E-state index contributed by atoms with van der Waals surface area (Å²) in [7, 11) is 0. The van der Waals surface area contributed by atoms with Gasteiger partial charge in [-0.25, -0.2) is 9.69 Å². The van der Waals surface area contributed by atoms with Crippen molar-refractivity contribution in [3.8, 4) is 11.5 Å². The van der Waals surface area contributed by atoms with Gasteiger partial charge in [-0.3, -0.25) is 9.59 Å². The van der Waals surface area contributed by atoms with Crippen LogP contribution in [0.2, 0.25) is 0 Å². The molecule has 0 aliphatic carbocycles. The molecule has 1 fully saturated rings. The number of likely N-dealkylation sites (tertiary alicyclic amines) is 1. The molecule has 25 heavy (non-hydrogen) atoms. The van der Waals surface area contributed by atoms with Gasteiger partial charge in [0.1, 0.15) is 5.54 Å². The zero-order valence-corrected chi connectivity index (χ0v) is 14.7. The average Bonchev–Trinajstić information content (AvgIpc) is 2.81. The second kappa shape index (κ2) is 7.71. The number of carbonyl (C=O) groups is 3. The van der Waals surface area contributed by atoms with Gasteiger partial charge < -0.3 is 20.7 Å². The van der Waals surface area contributed by atoms with Crippen molar-refractivity contribution in [2.24, 2.45) is 5.73 Å². The van der Waals surface area contributed by atoms with Gasteiger partial charge in [0.2, 0.25) is 11.8 Å². The van der Waals surface area contributed by atoms with E-state index >= 15 is 0 Å². The minimum Gasteiger partial charge on any atom is -0.504 e. The summed E-state index contributed by atoms with van der Waals surface area (Å²) in [5, 5.41) is 18.8. The Morgan fingerprint density at radius 2 is 1.84 bits per heavy atom.